The van der Waals surface area contributed by atoms with Gasteiger partial charge in [0.25, 0.3) is 0 Å². The number of hydrogen-bond acceptors (Lipinski definition) is 5. The number of carbonyl (C=O) groups excluding carboxylic acids is 1. The van der Waals surface area contributed by atoms with Gasteiger partial charge in [-0.15, -0.1) is 0 Å². The van der Waals surface area contributed by atoms with Crippen molar-refractivity contribution in [2.24, 2.45) is 0 Å². The molecule has 0 unspecified atom stereocenters. The van der Waals surface area contributed by atoms with Crippen molar-refractivity contribution in [2.45, 2.75) is 39.5 Å². The lowest BCUT2D eigenvalue weighted by atomic mass is 10.2. The molecule has 0 radical (unpaired) electrons. The van der Waals surface area contributed by atoms with Crippen LogP contribution in [0.3, 0.4) is 0 Å². The summed E-state index contributed by atoms with van der Waals surface area (Å²) < 4.78 is 6.14. The molecule has 3 aromatic rings. The van der Waals surface area contributed by atoms with Gasteiger partial charge in [0.1, 0.15) is 15.9 Å². The van der Waals surface area contributed by atoms with Crippen molar-refractivity contribution in [2.75, 3.05) is 0 Å². The highest BCUT2D eigenvalue weighted by Crippen LogP contribution is 2.29. The second-order valence-corrected chi connectivity index (χ2v) is 7.76. The van der Waals surface area contributed by atoms with Gasteiger partial charge < -0.3 is 9.72 Å². The van der Waals surface area contributed by atoms with E-state index in [4.69, 9.17) is 4.74 Å². The number of nitrogens with one attached hydrogen (secondary N) is 2. The van der Waals surface area contributed by atoms with Crippen LogP contribution in [0.25, 0.3) is 22.6 Å². The fourth-order valence-corrected chi connectivity index (χ4v) is 3.06. The van der Waals surface area contributed by atoms with Gasteiger partial charge in [-0.25, -0.2) is 14.8 Å². The molecule has 25 heavy (non-hydrogen) atoms. The first-order valence-corrected chi connectivity index (χ1v) is 8.66. The van der Waals surface area contributed by atoms with Gasteiger partial charge in [0.15, 0.2) is 11.5 Å². The SMILES string of the molecule is CC(C)(C)OC(=O)N1Cc2nc(-c3[nH]nc4nc(Br)ccc34)[nH]c2C1. The Morgan fingerprint density at radius 2 is 2.08 bits per heavy atom. The molecule has 0 fully saturated rings. The molecule has 1 aliphatic heterocycles. The maximum Gasteiger partial charge on any atom is 0.410 e. The number of rotatable bonds is 1. The molecule has 8 nitrogen and oxygen atoms in total. The van der Waals surface area contributed by atoms with Crippen LogP contribution in [-0.4, -0.2) is 41.7 Å². The number of amides is 1. The van der Waals surface area contributed by atoms with Crippen molar-refractivity contribution in [1.29, 1.82) is 0 Å². The Bertz CT molecular complexity index is 947. The van der Waals surface area contributed by atoms with Crippen molar-refractivity contribution in [3.63, 3.8) is 0 Å². The Hall–Kier alpha value is -2.42. The Labute approximate surface area is 152 Å². The van der Waals surface area contributed by atoms with Crippen LogP contribution in [0, 0.1) is 0 Å². The summed E-state index contributed by atoms with van der Waals surface area (Å²) in [5.74, 6) is 0.695. The second-order valence-electron chi connectivity index (χ2n) is 6.95. The number of fused-ring (bicyclic) bond motifs is 2. The number of H-pyrrole nitrogens is 2. The van der Waals surface area contributed by atoms with Gasteiger partial charge in [-0.3, -0.25) is 10.00 Å². The van der Waals surface area contributed by atoms with Crippen LogP contribution < -0.4 is 0 Å². The van der Waals surface area contributed by atoms with E-state index in [1.807, 2.05) is 32.9 Å². The number of ether oxygens (including phenoxy) is 1. The van der Waals surface area contributed by atoms with E-state index in [2.05, 4.69) is 41.1 Å². The van der Waals surface area contributed by atoms with Crippen molar-refractivity contribution >= 4 is 33.1 Å². The summed E-state index contributed by atoms with van der Waals surface area (Å²) in [6.45, 7) is 6.44. The number of hydrogen-bond donors (Lipinski definition) is 2. The highest BCUT2D eigenvalue weighted by Gasteiger charge is 2.30. The van der Waals surface area contributed by atoms with Gasteiger partial charge in [-0.1, -0.05) is 0 Å². The van der Waals surface area contributed by atoms with Crippen LogP contribution in [-0.2, 0) is 17.8 Å². The van der Waals surface area contributed by atoms with E-state index >= 15 is 0 Å². The van der Waals surface area contributed by atoms with Crippen molar-refractivity contribution < 1.29 is 9.53 Å². The first-order chi connectivity index (χ1) is 11.8. The topological polar surface area (TPSA) is 99.8 Å². The smallest absolute Gasteiger partial charge is 0.410 e. The number of nitrogens with zero attached hydrogens (tertiary/aromatic N) is 4. The quantitative estimate of drug-likeness (QED) is 0.605. The number of carbonyl (C=O) groups is 1. The molecular formula is C16H17BrN6O2. The lowest BCUT2D eigenvalue weighted by Crippen LogP contribution is -2.33. The molecule has 1 amide bonds. The molecule has 0 atom stereocenters. The number of aromatic nitrogens is 5. The van der Waals surface area contributed by atoms with Gasteiger partial charge in [0, 0.05) is 5.39 Å². The third kappa shape index (κ3) is 2.99. The monoisotopic (exact) mass is 404 g/mol. The minimum absolute atomic E-state index is 0.332. The average molecular weight is 405 g/mol. The van der Waals surface area contributed by atoms with E-state index in [1.54, 1.807) is 4.90 Å². The van der Waals surface area contributed by atoms with Crippen LogP contribution in [0.1, 0.15) is 32.2 Å². The van der Waals surface area contributed by atoms with Gasteiger partial charge in [-0.05, 0) is 48.8 Å². The Morgan fingerprint density at radius 1 is 1.28 bits per heavy atom. The molecule has 9 heteroatoms. The average Bonchev–Trinajstić information content (AvgIpc) is 3.15. The second kappa shape index (κ2) is 5.55. The zero-order valence-corrected chi connectivity index (χ0v) is 15.6. The summed E-state index contributed by atoms with van der Waals surface area (Å²) in [4.78, 5) is 26.0. The highest BCUT2D eigenvalue weighted by atomic mass is 79.9. The summed E-state index contributed by atoms with van der Waals surface area (Å²) in [6, 6.07) is 3.80. The van der Waals surface area contributed by atoms with Crippen molar-refractivity contribution in [1.82, 2.24) is 30.0 Å². The highest BCUT2D eigenvalue weighted by molar-refractivity contribution is 9.10. The Kier molecular flexibility index (Phi) is 3.57. The van der Waals surface area contributed by atoms with E-state index in [0.717, 1.165) is 27.1 Å². The van der Waals surface area contributed by atoms with Gasteiger partial charge in [0.2, 0.25) is 0 Å². The van der Waals surface area contributed by atoms with E-state index in [1.165, 1.54) is 0 Å². The van der Waals surface area contributed by atoms with Gasteiger partial charge in [-0.2, -0.15) is 5.10 Å². The van der Waals surface area contributed by atoms with E-state index in [9.17, 15) is 4.79 Å². The molecular weight excluding hydrogens is 388 g/mol. The first-order valence-electron chi connectivity index (χ1n) is 7.87. The van der Waals surface area contributed by atoms with Crippen LogP contribution in [0.4, 0.5) is 4.79 Å². The van der Waals surface area contributed by atoms with Crippen LogP contribution in [0.5, 0.6) is 0 Å². The molecule has 1 aliphatic rings. The molecule has 0 saturated heterocycles. The zero-order chi connectivity index (χ0) is 17.8. The number of aromatic amines is 2. The maximum atomic E-state index is 12.2. The number of pyridine rings is 1. The summed E-state index contributed by atoms with van der Waals surface area (Å²) in [7, 11) is 0. The summed E-state index contributed by atoms with van der Waals surface area (Å²) in [5.41, 5.74) is 2.65. The van der Waals surface area contributed by atoms with Gasteiger partial charge >= 0.3 is 6.09 Å². The molecule has 0 spiro atoms. The van der Waals surface area contributed by atoms with Crippen molar-refractivity contribution in [3.8, 4) is 11.5 Å². The number of halogens is 1. The molecule has 0 bridgehead atoms. The largest absolute Gasteiger partial charge is 0.444 e. The molecule has 3 aromatic heterocycles. The van der Waals surface area contributed by atoms with Gasteiger partial charge in [0.05, 0.1) is 24.5 Å². The summed E-state index contributed by atoms with van der Waals surface area (Å²) in [6.07, 6.45) is -0.332. The number of imidazole rings is 1. The van der Waals surface area contributed by atoms with E-state index in [-0.39, 0.29) is 6.09 Å². The lowest BCUT2D eigenvalue weighted by Gasteiger charge is -2.24. The fourth-order valence-electron chi connectivity index (χ4n) is 2.76. The Balaban J connectivity index is 1.58. The van der Waals surface area contributed by atoms with Crippen molar-refractivity contribution in [3.05, 3.63) is 28.1 Å². The van der Waals surface area contributed by atoms with Crippen LogP contribution in [0.15, 0.2) is 16.7 Å². The molecule has 0 aliphatic carbocycles. The normalized spacial score (nSPS) is 14.2. The standard InChI is InChI=1S/C16H17BrN6O2/c1-16(2,3)25-15(24)23-6-9-10(7-23)19-14(18-9)12-8-4-5-11(17)20-13(8)22-21-12/h4-5H,6-7H2,1-3H3,(H,18,19)(H,20,21,22). The predicted molar refractivity (Wildman–Crippen MR) is 94.7 cm³/mol. The first kappa shape index (κ1) is 16.1. The Morgan fingerprint density at radius 3 is 2.80 bits per heavy atom. The summed E-state index contributed by atoms with van der Waals surface area (Å²) >= 11 is 3.34. The maximum absolute atomic E-state index is 12.2. The lowest BCUT2D eigenvalue weighted by molar-refractivity contribution is 0.0239. The molecule has 2 N–H and O–H groups in total. The van der Waals surface area contributed by atoms with E-state index < -0.39 is 5.60 Å². The molecule has 0 saturated carbocycles. The minimum Gasteiger partial charge on any atom is -0.444 e. The molecule has 0 aromatic carbocycles. The summed E-state index contributed by atoms with van der Waals surface area (Å²) in [5, 5.41) is 8.08. The van der Waals surface area contributed by atoms with Crippen LogP contribution >= 0.6 is 15.9 Å². The van der Waals surface area contributed by atoms with Crippen LogP contribution in [0.2, 0.25) is 0 Å². The molecule has 4 rings (SSSR count). The predicted octanol–water partition coefficient (Wildman–Crippen LogP) is 3.36. The fraction of sp³-hybridized carbons (Fsp3) is 0.375. The molecule has 4 heterocycles. The van der Waals surface area contributed by atoms with E-state index in [0.29, 0.717) is 24.6 Å². The molecule has 130 valence electrons. The third-order valence-electron chi connectivity index (χ3n) is 3.83. The minimum atomic E-state index is -0.512. The zero-order valence-electron chi connectivity index (χ0n) is 14.1. The third-order valence-corrected chi connectivity index (χ3v) is 4.27.